The van der Waals surface area contributed by atoms with E-state index < -0.39 is 26.3 Å². The zero-order chi connectivity index (χ0) is 19.0. The van der Waals surface area contributed by atoms with Crippen LogP contribution in [-0.2, 0) is 28.6 Å². The van der Waals surface area contributed by atoms with E-state index in [1.165, 1.54) is 24.3 Å². The van der Waals surface area contributed by atoms with Gasteiger partial charge >= 0.3 is 0 Å². The van der Waals surface area contributed by atoms with Gasteiger partial charge in [-0.05, 0) is 50.5 Å². The second-order valence-corrected chi connectivity index (χ2v) is 8.95. The molecule has 0 amide bonds. The molecule has 2 aromatic carbocycles. The van der Waals surface area contributed by atoms with Crippen LogP contribution in [0.4, 0.5) is 0 Å². The van der Waals surface area contributed by atoms with E-state index in [9.17, 15) is 16.8 Å². The highest BCUT2D eigenvalue weighted by atomic mass is 32.2. The zero-order valence-corrected chi connectivity index (χ0v) is 16.1. The van der Waals surface area contributed by atoms with Gasteiger partial charge in [0.05, 0.1) is 22.5 Å². The first kappa shape index (κ1) is 20.6. The maximum atomic E-state index is 12.1. The van der Waals surface area contributed by atoms with Crippen LogP contribution in [0.15, 0.2) is 70.5 Å². The second-order valence-electron chi connectivity index (χ2n) is 5.76. The van der Waals surface area contributed by atoms with Gasteiger partial charge in [0.1, 0.15) is 0 Å². The molecule has 8 heteroatoms. The van der Waals surface area contributed by atoms with Gasteiger partial charge in [-0.3, -0.25) is 8.37 Å². The van der Waals surface area contributed by atoms with Crippen molar-refractivity contribution < 1.29 is 25.2 Å². The average molecular weight is 399 g/mol. The van der Waals surface area contributed by atoms with Gasteiger partial charge in [-0.2, -0.15) is 16.8 Å². The first-order valence-corrected chi connectivity index (χ1v) is 11.1. The van der Waals surface area contributed by atoms with Crippen LogP contribution in [0, 0.1) is 0 Å². The van der Waals surface area contributed by atoms with Gasteiger partial charge in [0.25, 0.3) is 20.2 Å². The summed E-state index contributed by atoms with van der Waals surface area (Å²) in [6, 6.07) is 15.9. The fraction of sp³-hybridized carbons (Fsp3) is 0.333. The van der Waals surface area contributed by atoms with Gasteiger partial charge < -0.3 is 0 Å². The van der Waals surface area contributed by atoms with Crippen molar-refractivity contribution in [3.05, 3.63) is 60.7 Å². The Bertz CT molecular complexity index is 878. The Kier molecular flexibility index (Phi) is 7.33. The highest BCUT2D eigenvalue weighted by Gasteiger charge is 2.19. The summed E-state index contributed by atoms with van der Waals surface area (Å²) in [5, 5.41) is 0. The quantitative estimate of drug-likeness (QED) is 0.451. The van der Waals surface area contributed by atoms with Gasteiger partial charge in [0.15, 0.2) is 0 Å². The van der Waals surface area contributed by atoms with Crippen LogP contribution in [-0.4, -0.2) is 29.5 Å². The van der Waals surface area contributed by atoms with Crippen LogP contribution < -0.4 is 0 Å². The summed E-state index contributed by atoms with van der Waals surface area (Å²) in [5.41, 5.74) is 0. The van der Waals surface area contributed by atoms with Crippen molar-refractivity contribution in [2.75, 3.05) is 6.61 Å². The van der Waals surface area contributed by atoms with E-state index in [1.54, 1.807) is 43.3 Å². The van der Waals surface area contributed by atoms with E-state index in [0.717, 1.165) is 0 Å². The third-order valence-corrected chi connectivity index (χ3v) is 6.36. The number of unbranched alkanes of at least 4 members (excludes halogenated alkanes) is 1. The molecule has 0 heterocycles. The lowest BCUT2D eigenvalue weighted by Gasteiger charge is -2.13. The lowest BCUT2D eigenvalue weighted by molar-refractivity contribution is 0.209. The molecule has 0 spiro atoms. The largest absolute Gasteiger partial charge is 0.297 e. The molecule has 0 aliphatic carbocycles. The smallest absolute Gasteiger partial charge is 0.266 e. The van der Waals surface area contributed by atoms with E-state index in [4.69, 9.17) is 8.37 Å². The standard InChI is InChI=1S/C18H22O6S2/c1-16(24-26(21,22)18-13-6-3-7-14-18)10-8-9-15-23-25(19,20)17-11-4-2-5-12-17/h2-7,11-14,16H,8-10,15H2,1H3. The van der Waals surface area contributed by atoms with Crippen molar-refractivity contribution in [2.24, 2.45) is 0 Å². The molecule has 0 saturated heterocycles. The van der Waals surface area contributed by atoms with Gasteiger partial charge in [0, 0.05) is 0 Å². The molecule has 0 N–H and O–H groups in total. The van der Waals surface area contributed by atoms with E-state index in [-0.39, 0.29) is 16.4 Å². The molecule has 0 bridgehead atoms. The van der Waals surface area contributed by atoms with Gasteiger partial charge in [0.2, 0.25) is 0 Å². The average Bonchev–Trinajstić information content (AvgIpc) is 2.62. The lowest BCUT2D eigenvalue weighted by atomic mass is 10.2. The second kappa shape index (κ2) is 9.27. The SMILES string of the molecule is CC(CCCCOS(=O)(=O)c1ccccc1)OS(=O)(=O)c1ccccc1. The Morgan fingerprint density at radius 1 is 0.769 bits per heavy atom. The summed E-state index contributed by atoms with van der Waals surface area (Å²) in [7, 11) is -7.54. The molecule has 0 saturated carbocycles. The molecule has 0 aromatic heterocycles. The molecular formula is C18H22O6S2. The summed E-state index contributed by atoms with van der Waals surface area (Å²) in [6.07, 6.45) is 1.02. The van der Waals surface area contributed by atoms with E-state index in [2.05, 4.69) is 0 Å². The minimum atomic E-state index is -3.79. The molecule has 0 radical (unpaired) electrons. The fourth-order valence-corrected chi connectivity index (χ4v) is 4.36. The van der Waals surface area contributed by atoms with Crippen molar-refractivity contribution in [1.82, 2.24) is 0 Å². The molecular weight excluding hydrogens is 376 g/mol. The Labute approximate surface area is 155 Å². The normalized spacial score (nSPS) is 13.4. The van der Waals surface area contributed by atoms with E-state index in [0.29, 0.717) is 19.3 Å². The van der Waals surface area contributed by atoms with Crippen LogP contribution in [0.5, 0.6) is 0 Å². The summed E-state index contributed by atoms with van der Waals surface area (Å²) in [6.45, 7) is 1.71. The molecule has 1 unspecified atom stereocenters. The topological polar surface area (TPSA) is 86.7 Å². The highest BCUT2D eigenvalue weighted by molar-refractivity contribution is 7.87. The Morgan fingerprint density at radius 2 is 1.27 bits per heavy atom. The van der Waals surface area contributed by atoms with Gasteiger partial charge in [-0.25, -0.2) is 0 Å². The van der Waals surface area contributed by atoms with Crippen molar-refractivity contribution in [3.63, 3.8) is 0 Å². The number of hydrogen-bond donors (Lipinski definition) is 0. The predicted molar refractivity (Wildman–Crippen MR) is 97.6 cm³/mol. The number of benzene rings is 2. The predicted octanol–water partition coefficient (Wildman–Crippen LogP) is 3.36. The van der Waals surface area contributed by atoms with Crippen molar-refractivity contribution in [2.45, 2.75) is 42.1 Å². The van der Waals surface area contributed by atoms with Crippen molar-refractivity contribution >= 4 is 20.2 Å². The van der Waals surface area contributed by atoms with Crippen LogP contribution in [0.3, 0.4) is 0 Å². The lowest BCUT2D eigenvalue weighted by Crippen LogP contribution is -2.16. The molecule has 2 rings (SSSR count). The van der Waals surface area contributed by atoms with Crippen LogP contribution in [0.1, 0.15) is 26.2 Å². The van der Waals surface area contributed by atoms with Crippen LogP contribution in [0.25, 0.3) is 0 Å². The Morgan fingerprint density at radius 3 is 1.81 bits per heavy atom. The first-order valence-electron chi connectivity index (χ1n) is 8.24. The first-order chi connectivity index (χ1) is 12.3. The number of hydrogen-bond acceptors (Lipinski definition) is 6. The minimum Gasteiger partial charge on any atom is -0.266 e. The molecule has 26 heavy (non-hydrogen) atoms. The number of rotatable bonds is 10. The Hall–Kier alpha value is -1.74. The summed E-state index contributed by atoms with van der Waals surface area (Å²) in [5.74, 6) is 0. The molecule has 142 valence electrons. The summed E-state index contributed by atoms with van der Waals surface area (Å²) >= 11 is 0. The monoisotopic (exact) mass is 398 g/mol. The summed E-state index contributed by atoms with van der Waals surface area (Å²) < 4.78 is 58.2. The van der Waals surface area contributed by atoms with Crippen LogP contribution in [0.2, 0.25) is 0 Å². The highest BCUT2D eigenvalue weighted by Crippen LogP contribution is 2.17. The third kappa shape index (κ3) is 6.21. The van der Waals surface area contributed by atoms with Crippen molar-refractivity contribution in [3.8, 4) is 0 Å². The molecule has 2 aromatic rings. The van der Waals surface area contributed by atoms with Crippen molar-refractivity contribution in [1.29, 1.82) is 0 Å². The fourth-order valence-electron chi connectivity index (χ4n) is 2.26. The molecule has 0 aliphatic rings. The van der Waals surface area contributed by atoms with E-state index in [1.807, 2.05) is 0 Å². The molecule has 0 fully saturated rings. The van der Waals surface area contributed by atoms with Gasteiger partial charge in [-0.15, -0.1) is 0 Å². The zero-order valence-electron chi connectivity index (χ0n) is 14.4. The minimum absolute atomic E-state index is 0.0371. The maximum Gasteiger partial charge on any atom is 0.297 e. The Balaban J connectivity index is 1.73. The van der Waals surface area contributed by atoms with Crippen LogP contribution >= 0.6 is 0 Å². The third-order valence-electron chi connectivity index (χ3n) is 3.60. The van der Waals surface area contributed by atoms with E-state index >= 15 is 0 Å². The maximum absolute atomic E-state index is 12.1. The molecule has 6 nitrogen and oxygen atoms in total. The molecule has 0 aliphatic heterocycles. The molecule has 1 atom stereocenters. The summed E-state index contributed by atoms with van der Waals surface area (Å²) in [4.78, 5) is 0.231. The van der Waals surface area contributed by atoms with Gasteiger partial charge in [-0.1, -0.05) is 36.4 Å².